The van der Waals surface area contributed by atoms with Crippen LogP contribution in [0.2, 0.25) is 0 Å². The maximum Gasteiger partial charge on any atom is 0.251 e. The number of carbonyl (C=O) groups excluding carboxylic acids is 1. The van der Waals surface area contributed by atoms with E-state index in [0.717, 1.165) is 31.2 Å². The van der Waals surface area contributed by atoms with Gasteiger partial charge in [-0.1, -0.05) is 13.0 Å². The third-order valence-electron chi connectivity index (χ3n) is 6.66. The number of nitrogens with zero attached hydrogens (tertiary/aromatic N) is 2. The van der Waals surface area contributed by atoms with Crippen LogP contribution in [-0.4, -0.2) is 36.1 Å². The molecule has 0 saturated heterocycles. The fraction of sp³-hybridized carbons (Fsp3) is 0.435. The first-order chi connectivity index (χ1) is 14.8. The quantitative estimate of drug-likeness (QED) is 0.621. The molecule has 1 amide bonds. The average Bonchev–Trinajstić information content (AvgIpc) is 3.11. The molecule has 0 radical (unpaired) electrons. The highest BCUT2D eigenvalue weighted by atomic mass is 32.2. The molecule has 2 aliphatic carbocycles. The Labute approximate surface area is 186 Å². The summed E-state index contributed by atoms with van der Waals surface area (Å²) in [4.78, 5) is 21.4. The van der Waals surface area contributed by atoms with E-state index in [1.165, 1.54) is 27.5 Å². The summed E-state index contributed by atoms with van der Waals surface area (Å²) >= 11 is 1.80. The number of benzene rings is 1. The van der Waals surface area contributed by atoms with E-state index in [2.05, 4.69) is 35.4 Å². The highest BCUT2D eigenvalue weighted by Gasteiger charge is 2.54. The van der Waals surface area contributed by atoms with Gasteiger partial charge in [-0.15, -0.1) is 11.3 Å². The molecule has 1 N–H and O–H groups in total. The summed E-state index contributed by atoms with van der Waals surface area (Å²) in [5.41, 5.74) is 3.01. The van der Waals surface area contributed by atoms with Crippen molar-refractivity contribution >= 4 is 37.3 Å². The van der Waals surface area contributed by atoms with Crippen LogP contribution in [0.25, 0.3) is 10.2 Å². The Bertz CT molecular complexity index is 1270. The molecule has 6 nitrogen and oxygen atoms in total. The van der Waals surface area contributed by atoms with Crippen LogP contribution in [-0.2, 0) is 9.84 Å². The standard InChI is InChI=1S/C23H25N3O3S2/c1-3-31(28,29)20-9-15(6-7-24-20)21(27)25-17-12-23(13-17)10-16(11-23)22-26-18-8-14(2)4-5-19(18)30-22/h4-9,16-17H,3,10-13H2,1-2H3,(H,25,27). The maximum atomic E-state index is 12.6. The van der Waals surface area contributed by atoms with Crippen molar-refractivity contribution < 1.29 is 13.2 Å². The van der Waals surface area contributed by atoms with Crippen LogP contribution in [0.4, 0.5) is 0 Å². The van der Waals surface area contributed by atoms with Crippen LogP contribution in [0.15, 0.2) is 41.6 Å². The number of pyridine rings is 1. The molecule has 2 saturated carbocycles. The molecule has 1 spiro atoms. The number of aryl methyl sites for hydroxylation is 1. The van der Waals surface area contributed by atoms with E-state index < -0.39 is 9.84 Å². The molecule has 0 unspecified atom stereocenters. The lowest BCUT2D eigenvalue weighted by Crippen LogP contribution is -2.55. The smallest absolute Gasteiger partial charge is 0.251 e. The number of hydrogen-bond donors (Lipinski definition) is 1. The number of amides is 1. The van der Waals surface area contributed by atoms with Crippen molar-refractivity contribution in [3.05, 3.63) is 52.7 Å². The SMILES string of the molecule is CCS(=O)(=O)c1cc(C(=O)NC2CC3(C2)CC(c2nc4cc(C)ccc4s2)C3)ccn1. The number of fused-ring (bicyclic) bond motifs is 1. The summed E-state index contributed by atoms with van der Waals surface area (Å²) in [6.45, 7) is 3.66. The number of hydrogen-bond acceptors (Lipinski definition) is 6. The predicted molar refractivity (Wildman–Crippen MR) is 121 cm³/mol. The molecule has 2 aromatic heterocycles. The third kappa shape index (κ3) is 3.76. The second-order valence-electron chi connectivity index (χ2n) is 8.99. The first-order valence-corrected chi connectivity index (χ1v) is 13.1. The van der Waals surface area contributed by atoms with Gasteiger partial charge in [0.2, 0.25) is 0 Å². The largest absolute Gasteiger partial charge is 0.349 e. The highest BCUT2D eigenvalue weighted by molar-refractivity contribution is 7.91. The predicted octanol–water partition coefficient (Wildman–Crippen LogP) is 4.25. The van der Waals surface area contributed by atoms with E-state index >= 15 is 0 Å². The summed E-state index contributed by atoms with van der Waals surface area (Å²) in [5.74, 6) is 0.259. The molecule has 2 fully saturated rings. The minimum absolute atomic E-state index is 0.0361. The number of thiazole rings is 1. The zero-order valence-corrected chi connectivity index (χ0v) is 19.2. The number of nitrogens with one attached hydrogen (secondary N) is 1. The fourth-order valence-electron chi connectivity index (χ4n) is 4.95. The molecular formula is C23H25N3O3S2. The first-order valence-electron chi connectivity index (χ1n) is 10.6. The minimum atomic E-state index is -3.43. The van der Waals surface area contributed by atoms with Gasteiger partial charge in [0.15, 0.2) is 14.9 Å². The Morgan fingerprint density at radius 3 is 2.71 bits per heavy atom. The third-order valence-corrected chi connectivity index (χ3v) is 9.48. The van der Waals surface area contributed by atoms with E-state index in [1.807, 2.05) is 0 Å². The molecule has 31 heavy (non-hydrogen) atoms. The van der Waals surface area contributed by atoms with Gasteiger partial charge < -0.3 is 5.32 Å². The Morgan fingerprint density at radius 2 is 1.97 bits per heavy atom. The number of rotatable bonds is 5. The second-order valence-corrected chi connectivity index (χ2v) is 12.3. The van der Waals surface area contributed by atoms with Gasteiger partial charge in [0, 0.05) is 23.7 Å². The van der Waals surface area contributed by atoms with Crippen molar-refractivity contribution in [2.45, 2.75) is 56.5 Å². The van der Waals surface area contributed by atoms with Crippen molar-refractivity contribution in [2.24, 2.45) is 5.41 Å². The van der Waals surface area contributed by atoms with Crippen molar-refractivity contribution in [3.63, 3.8) is 0 Å². The van der Waals surface area contributed by atoms with Gasteiger partial charge in [-0.05, 0) is 67.9 Å². The lowest BCUT2D eigenvalue weighted by molar-refractivity contribution is -0.0187. The van der Waals surface area contributed by atoms with Crippen molar-refractivity contribution in [1.29, 1.82) is 0 Å². The van der Waals surface area contributed by atoms with E-state index in [0.29, 0.717) is 16.9 Å². The van der Waals surface area contributed by atoms with Crippen molar-refractivity contribution in [2.75, 3.05) is 5.75 Å². The van der Waals surface area contributed by atoms with Crippen LogP contribution in [0.5, 0.6) is 0 Å². The number of carbonyl (C=O) groups is 1. The molecule has 3 aromatic rings. The molecule has 162 valence electrons. The van der Waals surface area contributed by atoms with Crippen LogP contribution in [0.3, 0.4) is 0 Å². The van der Waals surface area contributed by atoms with E-state index in [1.54, 1.807) is 24.3 Å². The summed E-state index contributed by atoms with van der Waals surface area (Å²) in [6, 6.07) is 9.52. The second kappa shape index (κ2) is 7.38. The normalized spacial score (nSPS) is 25.2. The molecule has 0 bridgehead atoms. The number of sulfone groups is 1. The van der Waals surface area contributed by atoms with Gasteiger partial charge >= 0.3 is 0 Å². The molecule has 2 aliphatic rings. The van der Waals surface area contributed by atoms with Gasteiger partial charge in [-0.2, -0.15) is 0 Å². The van der Waals surface area contributed by atoms with Crippen molar-refractivity contribution in [1.82, 2.24) is 15.3 Å². The van der Waals surface area contributed by atoms with Crippen LogP contribution in [0, 0.1) is 12.3 Å². The molecule has 8 heteroatoms. The Hall–Kier alpha value is -2.32. The summed E-state index contributed by atoms with van der Waals surface area (Å²) in [7, 11) is -3.43. The molecular weight excluding hydrogens is 430 g/mol. The average molecular weight is 456 g/mol. The zero-order valence-electron chi connectivity index (χ0n) is 17.6. The first kappa shape index (κ1) is 20.6. The van der Waals surface area contributed by atoms with Gasteiger partial charge in [-0.3, -0.25) is 4.79 Å². The summed E-state index contributed by atoms with van der Waals surface area (Å²) in [5, 5.41) is 4.26. The zero-order chi connectivity index (χ0) is 21.8. The highest BCUT2D eigenvalue weighted by Crippen LogP contribution is 2.62. The van der Waals surface area contributed by atoms with E-state index in [-0.39, 0.29) is 22.7 Å². The minimum Gasteiger partial charge on any atom is -0.349 e. The van der Waals surface area contributed by atoms with E-state index in [9.17, 15) is 13.2 Å². The molecule has 1 aromatic carbocycles. The van der Waals surface area contributed by atoms with Crippen LogP contribution < -0.4 is 5.32 Å². The summed E-state index contributed by atoms with van der Waals surface area (Å²) < 4.78 is 25.3. The lowest BCUT2D eigenvalue weighted by Gasteiger charge is -2.57. The summed E-state index contributed by atoms with van der Waals surface area (Å²) in [6.07, 6.45) is 5.60. The number of aromatic nitrogens is 2. The monoisotopic (exact) mass is 455 g/mol. The van der Waals surface area contributed by atoms with Gasteiger partial charge in [0.1, 0.15) is 0 Å². The van der Waals surface area contributed by atoms with Gasteiger partial charge in [0.25, 0.3) is 5.91 Å². The Balaban J connectivity index is 1.17. The van der Waals surface area contributed by atoms with Gasteiger partial charge in [-0.25, -0.2) is 18.4 Å². The van der Waals surface area contributed by atoms with Crippen LogP contribution in [0.1, 0.15) is 59.5 Å². The Morgan fingerprint density at radius 1 is 1.19 bits per heavy atom. The van der Waals surface area contributed by atoms with Crippen LogP contribution >= 0.6 is 11.3 Å². The molecule has 0 aliphatic heterocycles. The molecule has 2 heterocycles. The Kier molecular flexibility index (Phi) is 4.90. The lowest BCUT2D eigenvalue weighted by atomic mass is 9.50. The van der Waals surface area contributed by atoms with E-state index in [4.69, 9.17) is 4.98 Å². The molecule has 0 atom stereocenters. The van der Waals surface area contributed by atoms with Gasteiger partial charge in [0.05, 0.1) is 21.0 Å². The molecule has 5 rings (SSSR count). The fourth-order valence-corrected chi connectivity index (χ4v) is 6.82. The maximum absolute atomic E-state index is 12.6. The van der Waals surface area contributed by atoms with Crippen molar-refractivity contribution in [3.8, 4) is 0 Å². The topological polar surface area (TPSA) is 89.0 Å².